The van der Waals surface area contributed by atoms with E-state index in [1.807, 2.05) is 25.1 Å². The van der Waals surface area contributed by atoms with Crippen molar-refractivity contribution >= 4 is 0 Å². The zero-order valence-corrected chi connectivity index (χ0v) is 12.6. The van der Waals surface area contributed by atoms with Crippen LogP contribution in [0.5, 0.6) is 11.5 Å². The van der Waals surface area contributed by atoms with E-state index in [4.69, 9.17) is 14.0 Å². The van der Waals surface area contributed by atoms with E-state index in [0.29, 0.717) is 24.7 Å². The minimum Gasteiger partial charge on any atom is -0.490 e. The van der Waals surface area contributed by atoms with E-state index in [2.05, 4.69) is 17.4 Å². The number of aromatic nitrogens is 1. The summed E-state index contributed by atoms with van der Waals surface area (Å²) in [5.74, 6) is 2.16. The van der Waals surface area contributed by atoms with E-state index >= 15 is 0 Å². The minimum absolute atomic E-state index is 0.341. The van der Waals surface area contributed by atoms with Gasteiger partial charge < -0.3 is 19.3 Å². The first-order chi connectivity index (χ1) is 10.3. The fraction of sp³-hybridized carbons (Fsp3) is 0.438. The molecular formula is C16H22N2O3. The van der Waals surface area contributed by atoms with Crippen LogP contribution in [-0.4, -0.2) is 18.3 Å². The summed E-state index contributed by atoms with van der Waals surface area (Å²) in [5, 5.41) is 7.03. The normalized spacial score (nSPS) is 10.6. The number of hydrogen-bond acceptors (Lipinski definition) is 5. The van der Waals surface area contributed by atoms with Crippen molar-refractivity contribution in [1.29, 1.82) is 0 Å². The molecule has 0 aliphatic rings. The molecule has 1 heterocycles. The van der Waals surface area contributed by atoms with Crippen molar-refractivity contribution in [3.63, 3.8) is 0 Å². The molecular weight excluding hydrogens is 268 g/mol. The van der Waals surface area contributed by atoms with Crippen molar-refractivity contribution in [2.75, 3.05) is 13.2 Å². The van der Waals surface area contributed by atoms with Crippen molar-refractivity contribution in [2.45, 2.75) is 33.4 Å². The molecule has 21 heavy (non-hydrogen) atoms. The molecule has 5 heteroatoms. The maximum atomic E-state index is 5.74. The molecule has 0 unspecified atom stereocenters. The van der Waals surface area contributed by atoms with Crippen molar-refractivity contribution in [1.82, 2.24) is 10.5 Å². The lowest BCUT2D eigenvalue weighted by Crippen LogP contribution is -2.13. The summed E-state index contributed by atoms with van der Waals surface area (Å²) in [6.07, 6.45) is 2.72. The number of ether oxygens (including phenoxy) is 2. The van der Waals surface area contributed by atoms with Crippen molar-refractivity contribution in [2.24, 2.45) is 0 Å². The third-order valence-electron chi connectivity index (χ3n) is 2.93. The molecule has 0 atom stereocenters. The minimum atomic E-state index is 0.341. The molecule has 0 fully saturated rings. The summed E-state index contributed by atoms with van der Waals surface area (Å²) in [4.78, 5) is 0. The Kier molecular flexibility index (Phi) is 6.09. The van der Waals surface area contributed by atoms with Gasteiger partial charge in [0.05, 0.1) is 12.8 Å². The van der Waals surface area contributed by atoms with Gasteiger partial charge in [-0.1, -0.05) is 18.1 Å². The topological polar surface area (TPSA) is 56.5 Å². The van der Waals surface area contributed by atoms with E-state index in [0.717, 1.165) is 25.3 Å². The second-order valence-corrected chi connectivity index (χ2v) is 4.66. The smallest absolute Gasteiger partial charge is 0.174 e. The molecule has 2 aromatic rings. The lowest BCUT2D eigenvalue weighted by atomic mass is 10.2. The monoisotopic (exact) mass is 290 g/mol. The number of benzene rings is 1. The number of nitrogens with zero attached hydrogens (tertiary/aromatic N) is 1. The van der Waals surface area contributed by atoms with Gasteiger partial charge in [0.2, 0.25) is 0 Å². The molecule has 2 rings (SSSR count). The molecule has 0 radical (unpaired) electrons. The number of rotatable bonds is 9. The van der Waals surface area contributed by atoms with Gasteiger partial charge in [0.1, 0.15) is 6.61 Å². The Morgan fingerprint density at radius 2 is 2.05 bits per heavy atom. The van der Waals surface area contributed by atoms with Crippen molar-refractivity contribution in [3.8, 4) is 11.5 Å². The van der Waals surface area contributed by atoms with Crippen LogP contribution in [0.2, 0.25) is 0 Å². The average molecular weight is 290 g/mol. The Balaban J connectivity index is 2.01. The Labute approximate surface area is 125 Å². The fourth-order valence-corrected chi connectivity index (χ4v) is 1.92. The van der Waals surface area contributed by atoms with Crippen LogP contribution in [0.1, 0.15) is 31.6 Å². The predicted molar refractivity (Wildman–Crippen MR) is 80.4 cm³/mol. The zero-order valence-electron chi connectivity index (χ0n) is 12.6. The van der Waals surface area contributed by atoms with Crippen molar-refractivity contribution in [3.05, 3.63) is 41.8 Å². The van der Waals surface area contributed by atoms with Gasteiger partial charge in [-0.25, -0.2) is 0 Å². The van der Waals surface area contributed by atoms with Crippen LogP contribution in [0.3, 0.4) is 0 Å². The lowest BCUT2D eigenvalue weighted by Gasteiger charge is -2.13. The molecule has 0 saturated heterocycles. The van der Waals surface area contributed by atoms with Gasteiger partial charge in [0.15, 0.2) is 17.3 Å². The van der Waals surface area contributed by atoms with Gasteiger partial charge in [-0.2, -0.15) is 0 Å². The van der Waals surface area contributed by atoms with E-state index in [1.54, 1.807) is 12.3 Å². The highest BCUT2D eigenvalue weighted by atomic mass is 16.5. The van der Waals surface area contributed by atoms with Gasteiger partial charge in [0.25, 0.3) is 0 Å². The van der Waals surface area contributed by atoms with E-state index in [-0.39, 0.29) is 0 Å². The van der Waals surface area contributed by atoms with Crippen LogP contribution >= 0.6 is 0 Å². The zero-order chi connectivity index (χ0) is 14.9. The summed E-state index contributed by atoms with van der Waals surface area (Å²) < 4.78 is 16.4. The Morgan fingerprint density at radius 1 is 1.14 bits per heavy atom. The molecule has 1 aromatic carbocycles. The Bertz CT molecular complexity index is 526. The summed E-state index contributed by atoms with van der Waals surface area (Å²) in [7, 11) is 0. The van der Waals surface area contributed by atoms with Crippen LogP contribution in [0, 0.1) is 0 Å². The molecule has 5 nitrogen and oxygen atoms in total. The average Bonchev–Trinajstić information content (AvgIpc) is 3.00. The van der Waals surface area contributed by atoms with Crippen LogP contribution in [-0.2, 0) is 13.2 Å². The third-order valence-corrected chi connectivity index (χ3v) is 2.93. The molecule has 0 saturated carbocycles. The van der Waals surface area contributed by atoms with Crippen LogP contribution in [0.15, 0.2) is 35.0 Å². The molecule has 1 aromatic heterocycles. The lowest BCUT2D eigenvalue weighted by molar-refractivity contribution is 0.233. The van der Waals surface area contributed by atoms with Crippen molar-refractivity contribution < 1.29 is 14.0 Å². The summed E-state index contributed by atoms with van der Waals surface area (Å²) >= 11 is 0. The molecule has 0 bridgehead atoms. The third kappa shape index (κ3) is 4.79. The van der Waals surface area contributed by atoms with E-state index in [9.17, 15) is 0 Å². The highest BCUT2D eigenvalue weighted by Gasteiger charge is 2.08. The highest BCUT2D eigenvalue weighted by Crippen LogP contribution is 2.29. The SMILES string of the molecule is CCCNCc1ccc(OCc2ccno2)c(OCC)c1. The number of nitrogens with one attached hydrogen (secondary N) is 1. The van der Waals surface area contributed by atoms with Gasteiger partial charge in [-0.15, -0.1) is 0 Å². The molecule has 0 aliphatic heterocycles. The van der Waals surface area contributed by atoms with Gasteiger partial charge in [0, 0.05) is 12.6 Å². The Hall–Kier alpha value is -2.01. The molecule has 0 spiro atoms. The molecule has 114 valence electrons. The van der Waals surface area contributed by atoms with Crippen LogP contribution in [0.4, 0.5) is 0 Å². The summed E-state index contributed by atoms with van der Waals surface area (Å²) in [6, 6.07) is 7.77. The highest BCUT2D eigenvalue weighted by molar-refractivity contribution is 5.43. The molecule has 0 amide bonds. The number of hydrogen-bond donors (Lipinski definition) is 1. The molecule has 0 aliphatic carbocycles. The second-order valence-electron chi connectivity index (χ2n) is 4.66. The maximum Gasteiger partial charge on any atom is 0.174 e. The van der Waals surface area contributed by atoms with Crippen LogP contribution < -0.4 is 14.8 Å². The van der Waals surface area contributed by atoms with E-state index < -0.39 is 0 Å². The predicted octanol–water partition coefficient (Wildman–Crippen LogP) is 3.15. The standard InChI is InChI=1S/C16H22N2O3/c1-3-8-17-11-13-5-6-15(16(10-13)19-4-2)20-12-14-7-9-18-21-14/h5-7,9-10,17H,3-4,8,11-12H2,1-2H3. The van der Waals surface area contributed by atoms with Gasteiger partial charge in [-0.3, -0.25) is 0 Å². The summed E-state index contributed by atoms with van der Waals surface area (Å²) in [6.45, 7) is 6.89. The maximum absolute atomic E-state index is 5.74. The Morgan fingerprint density at radius 3 is 2.76 bits per heavy atom. The summed E-state index contributed by atoms with van der Waals surface area (Å²) in [5.41, 5.74) is 1.18. The quantitative estimate of drug-likeness (QED) is 0.719. The molecule has 1 N–H and O–H groups in total. The fourth-order valence-electron chi connectivity index (χ4n) is 1.92. The largest absolute Gasteiger partial charge is 0.490 e. The van der Waals surface area contributed by atoms with Crippen LogP contribution in [0.25, 0.3) is 0 Å². The first kappa shape index (κ1) is 15.4. The first-order valence-corrected chi connectivity index (χ1v) is 7.32. The van der Waals surface area contributed by atoms with Gasteiger partial charge in [-0.05, 0) is 37.6 Å². The second kappa shape index (κ2) is 8.32. The van der Waals surface area contributed by atoms with Gasteiger partial charge >= 0.3 is 0 Å². The first-order valence-electron chi connectivity index (χ1n) is 7.32. The van der Waals surface area contributed by atoms with E-state index in [1.165, 1.54) is 5.56 Å².